The summed E-state index contributed by atoms with van der Waals surface area (Å²) < 4.78 is 2.58. The molecule has 0 unspecified atom stereocenters. The average molecular weight is 268 g/mol. The fraction of sp³-hybridized carbons (Fsp3) is 0.222. The number of hydrogen-bond donors (Lipinski definition) is 1. The van der Waals surface area contributed by atoms with Gasteiger partial charge in [-0.1, -0.05) is 6.92 Å². The van der Waals surface area contributed by atoms with Gasteiger partial charge in [-0.2, -0.15) is 4.68 Å². The lowest BCUT2D eigenvalue weighted by atomic mass is 10.3. The zero-order valence-corrected chi connectivity index (χ0v) is 9.77. The molecule has 1 aromatic heterocycles. The smallest absolute Gasteiger partial charge is 0.156 e. The Morgan fingerprint density at radius 3 is 2.93 bits per heavy atom. The Labute approximate surface area is 95.4 Å². The molecule has 0 atom stereocenters. The highest BCUT2D eigenvalue weighted by atomic mass is 79.9. The van der Waals surface area contributed by atoms with E-state index in [1.807, 2.05) is 25.1 Å². The summed E-state index contributed by atoms with van der Waals surface area (Å²) >= 11 is 3.44. The second-order valence-corrected chi connectivity index (χ2v) is 3.93. The van der Waals surface area contributed by atoms with E-state index in [0.29, 0.717) is 5.69 Å². The normalized spacial score (nSPS) is 10.5. The van der Waals surface area contributed by atoms with Crippen molar-refractivity contribution in [2.24, 2.45) is 0 Å². The molecule has 5 nitrogen and oxygen atoms in total. The molecule has 15 heavy (non-hydrogen) atoms. The van der Waals surface area contributed by atoms with Gasteiger partial charge < -0.3 is 5.73 Å². The number of halogens is 1. The standard InChI is InChI=1S/C9H10BrN5/c1-2-9-12-13-14-15(9)8-4-3-6(11)5-7(8)10/h3-5H,2,11H2,1H3. The molecule has 0 amide bonds. The van der Waals surface area contributed by atoms with Crippen molar-refractivity contribution in [1.29, 1.82) is 0 Å². The summed E-state index contributed by atoms with van der Waals surface area (Å²) in [5.41, 5.74) is 7.26. The molecule has 0 fully saturated rings. The number of nitrogens with zero attached hydrogens (tertiary/aromatic N) is 4. The minimum Gasteiger partial charge on any atom is -0.399 e. The number of benzene rings is 1. The van der Waals surface area contributed by atoms with E-state index in [-0.39, 0.29) is 0 Å². The zero-order valence-electron chi connectivity index (χ0n) is 8.18. The van der Waals surface area contributed by atoms with Gasteiger partial charge in [0.15, 0.2) is 5.82 Å². The van der Waals surface area contributed by atoms with Crippen LogP contribution in [0.5, 0.6) is 0 Å². The minimum atomic E-state index is 0.705. The number of anilines is 1. The minimum absolute atomic E-state index is 0.705. The molecule has 2 rings (SSSR count). The summed E-state index contributed by atoms with van der Waals surface area (Å²) in [4.78, 5) is 0. The van der Waals surface area contributed by atoms with Crippen molar-refractivity contribution < 1.29 is 0 Å². The van der Waals surface area contributed by atoms with E-state index in [4.69, 9.17) is 5.73 Å². The van der Waals surface area contributed by atoms with Gasteiger partial charge >= 0.3 is 0 Å². The van der Waals surface area contributed by atoms with Gasteiger partial charge in [0.05, 0.1) is 5.69 Å². The van der Waals surface area contributed by atoms with E-state index in [2.05, 4.69) is 31.5 Å². The molecule has 2 aromatic rings. The quantitative estimate of drug-likeness (QED) is 0.839. The molecular weight excluding hydrogens is 258 g/mol. The molecular formula is C9H10BrN5. The maximum absolute atomic E-state index is 5.66. The van der Waals surface area contributed by atoms with Crippen molar-refractivity contribution in [2.45, 2.75) is 13.3 Å². The van der Waals surface area contributed by atoms with Crippen molar-refractivity contribution in [3.05, 3.63) is 28.5 Å². The number of hydrogen-bond acceptors (Lipinski definition) is 4. The summed E-state index contributed by atoms with van der Waals surface area (Å²) in [5, 5.41) is 11.5. The Morgan fingerprint density at radius 2 is 2.27 bits per heavy atom. The van der Waals surface area contributed by atoms with Crippen LogP contribution in [0.2, 0.25) is 0 Å². The highest BCUT2D eigenvalue weighted by Crippen LogP contribution is 2.23. The topological polar surface area (TPSA) is 69.6 Å². The van der Waals surface area contributed by atoms with Crippen LogP contribution in [0, 0.1) is 0 Å². The zero-order chi connectivity index (χ0) is 10.8. The lowest BCUT2D eigenvalue weighted by Gasteiger charge is -2.05. The van der Waals surface area contributed by atoms with E-state index < -0.39 is 0 Å². The van der Waals surface area contributed by atoms with Crippen LogP contribution >= 0.6 is 15.9 Å². The second kappa shape index (κ2) is 3.98. The van der Waals surface area contributed by atoms with E-state index in [0.717, 1.165) is 22.4 Å². The molecule has 1 aromatic carbocycles. The predicted octanol–water partition coefficient (Wildman–Crippen LogP) is 1.57. The lowest BCUT2D eigenvalue weighted by molar-refractivity contribution is 0.764. The maximum atomic E-state index is 5.66. The van der Waals surface area contributed by atoms with Gasteiger partial charge in [-0.15, -0.1) is 5.10 Å². The summed E-state index contributed by atoms with van der Waals surface area (Å²) in [6, 6.07) is 5.53. The Hall–Kier alpha value is -1.43. The van der Waals surface area contributed by atoms with E-state index in [1.165, 1.54) is 0 Å². The Bertz CT molecular complexity index is 479. The lowest BCUT2D eigenvalue weighted by Crippen LogP contribution is -2.03. The Morgan fingerprint density at radius 1 is 1.47 bits per heavy atom. The Balaban J connectivity index is 2.54. The number of rotatable bonds is 2. The molecule has 6 heteroatoms. The van der Waals surface area contributed by atoms with Crippen LogP contribution in [-0.2, 0) is 6.42 Å². The molecule has 0 saturated heterocycles. The highest BCUT2D eigenvalue weighted by Gasteiger charge is 2.09. The van der Waals surface area contributed by atoms with Crippen LogP contribution < -0.4 is 5.73 Å². The first kappa shape index (κ1) is 10.1. The van der Waals surface area contributed by atoms with Crippen LogP contribution in [0.15, 0.2) is 22.7 Å². The molecule has 0 aliphatic rings. The third-order valence-electron chi connectivity index (χ3n) is 2.05. The fourth-order valence-corrected chi connectivity index (χ4v) is 1.87. The SMILES string of the molecule is CCc1nnnn1-c1ccc(N)cc1Br. The highest BCUT2D eigenvalue weighted by molar-refractivity contribution is 9.10. The van der Waals surface area contributed by atoms with Gasteiger partial charge in [-0.3, -0.25) is 0 Å². The van der Waals surface area contributed by atoms with Crippen molar-refractivity contribution in [3.63, 3.8) is 0 Å². The van der Waals surface area contributed by atoms with E-state index >= 15 is 0 Å². The first-order valence-electron chi connectivity index (χ1n) is 4.55. The number of nitrogen functional groups attached to an aromatic ring is 1. The number of tetrazole rings is 1. The van der Waals surface area contributed by atoms with Crippen LogP contribution in [-0.4, -0.2) is 20.2 Å². The second-order valence-electron chi connectivity index (χ2n) is 3.07. The van der Waals surface area contributed by atoms with Gasteiger partial charge in [0, 0.05) is 16.6 Å². The first-order chi connectivity index (χ1) is 7.22. The monoisotopic (exact) mass is 267 g/mol. The third kappa shape index (κ3) is 1.85. The fourth-order valence-electron chi connectivity index (χ4n) is 1.31. The van der Waals surface area contributed by atoms with Crippen molar-refractivity contribution in [1.82, 2.24) is 20.2 Å². The summed E-state index contributed by atoms with van der Waals surface area (Å²) in [6.45, 7) is 2.01. The molecule has 0 saturated carbocycles. The molecule has 0 radical (unpaired) electrons. The molecule has 0 spiro atoms. The van der Waals surface area contributed by atoms with Gasteiger partial charge in [-0.05, 0) is 44.6 Å². The average Bonchev–Trinajstić information content (AvgIpc) is 2.65. The van der Waals surface area contributed by atoms with E-state index in [1.54, 1.807) is 4.68 Å². The van der Waals surface area contributed by atoms with E-state index in [9.17, 15) is 0 Å². The molecule has 0 aliphatic carbocycles. The molecule has 0 aliphatic heterocycles. The summed E-state index contributed by atoms with van der Waals surface area (Å²) in [7, 11) is 0. The first-order valence-corrected chi connectivity index (χ1v) is 5.34. The van der Waals surface area contributed by atoms with Crippen LogP contribution in [0.4, 0.5) is 5.69 Å². The van der Waals surface area contributed by atoms with Crippen LogP contribution in [0.3, 0.4) is 0 Å². The van der Waals surface area contributed by atoms with Gasteiger partial charge in [0.25, 0.3) is 0 Å². The summed E-state index contributed by atoms with van der Waals surface area (Å²) in [5.74, 6) is 0.820. The van der Waals surface area contributed by atoms with Gasteiger partial charge in [-0.25, -0.2) is 0 Å². The van der Waals surface area contributed by atoms with Crippen LogP contribution in [0.25, 0.3) is 5.69 Å². The van der Waals surface area contributed by atoms with Crippen molar-refractivity contribution >= 4 is 21.6 Å². The largest absolute Gasteiger partial charge is 0.399 e. The third-order valence-corrected chi connectivity index (χ3v) is 2.69. The Kier molecular flexibility index (Phi) is 2.68. The van der Waals surface area contributed by atoms with Gasteiger partial charge in [0.2, 0.25) is 0 Å². The summed E-state index contributed by atoms with van der Waals surface area (Å²) in [6.07, 6.45) is 0.782. The van der Waals surface area contributed by atoms with Crippen LogP contribution in [0.1, 0.15) is 12.7 Å². The maximum Gasteiger partial charge on any atom is 0.156 e. The predicted molar refractivity (Wildman–Crippen MR) is 60.6 cm³/mol. The number of nitrogens with two attached hydrogens (primary N) is 1. The molecule has 1 heterocycles. The van der Waals surface area contributed by atoms with Crippen molar-refractivity contribution in [3.8, 4) is 5.69 Å². The van der Waals surface area contributed by atoms with Gasteiger partial charge in [0.1, 0.15) is 0 Å². The van der Waals surface area contributed by atoms with Crippen molar-refractivity contribution in [2.75, 3.05) is 5.73 Å². The molecule has 0 bridgehead atoms. The number of aromatic nitrogens is 4. The molecule has 78 valence electrons. The number of aryl methyl sites for hydroxylation is 1. The molecule has 2 N–H and O–H groups in total.